The van der Waals surface area contributed by atoms with E-state index in [-0.39, 0.29) is 23.3 Å². The number of anilines is 2. The number of amides is 2. The van der Waals surface area contributed by atoms with Crippen LogP contribution in [0.4, 0.5) is 11.4 Å². The normalized spacial score (nSPS) is 11.2. The number of carboxylic acid groups (broad SMARTS) is 2. The second-order valence-corrected chi connectivity index (χ2v) is 9.08. The zero-order chi connectivity index (χ0) is 22.3. The number of aliphatic carboxylic acids is 1. The first-order valence-electron chi connectivity index (χ1n) is 7.69. The molecule has 1 rings (SSSR count). The van der Waals surface area contributed by atoms with Gasteiger partial charge < -0.3 is 26.6 Å². The fourth-order valence-electron chi connectivity index (χ4n) is 1.71. The van der Waals surface area contributed by atoms with Gasteiger partial charge in [-0.25, -0.2) is 4.79 Å². The Hall–Kier alpha value is -0.750. The summed E-state index contributed by atoms with van der Waals surface area (Å²) in [6, 6.07) is -0.713. The van der Waals surface area contributed by atoms with Crippen LogP contribution in [0.2, 0.25) is 0 Å². The molecule has 0 aliphatic rings. The Bertz CT molecular complexity index is 755. The van der Waals surface area contributed by atoms with Crippen LogP contribution in [-0.4, -0.2) is 40.0 Å². The molecule has 0 saturated carbocycles. The molecule has 1 aromatic rings. The van der Waals surface area contributed by atoms with Crippen molar-refractivity contribution in [3.05, 3.63) is 16.3 Å². The topological polar surface area (TPSA) is 159 Å². The fourth-order valence-corrected chi connectivity index (χ4v) is 5.88. The van der Waals surface area contributed by atoms with Gasteiger partial charge in [0.05, 0.1) is 27.6 Å². The summed E-state index contributed by atoms with van der Waals surface area (Å²) in [5.74, 6) is -2.65. The van der Waals surface area contributed by atoms with Crippen molar-refractivity contribution in [2.45, 2.75) is 33.7 Å². The molecule has 12 heteroatoms. The highest BCUT2D eigenvalue weighted by Crippen LogP contribution is 2.38. The van der Waals surface area contributed by atoms with Crippen molar-refractivity contribution >= 4 is 103 Å². The highest BCUT2D eigenvalue weighted by atomic mass is 127. The molecule has 1 aromatic carbocycles. The maximum Gasteiger partial charge on any atom is 0.338 e. The summed E-state index contributed by atoms with van der Waals surface area (Å²) in [5.41, 5.74) is 5.99. The Labute approximate surface area is 203 Å². The Morgan fingerprint density at radius 2 is 1.21 bits per heavy atom. The van der Waals surface area contributed by atoms with Crippen molar-refractivity contribution in [2.75, 3.05) is 10.6 Å². The second kappa shape index (κ2) is 12.1. The van der Waals surface area contributed by atoms with Crippen LogP contribution in [0.15, 0.2) is 0 Å². The SMILES string of the molecule is CC(=O)Nc1c(I)c(NC(C)=O)c(I)c(C(=O)O)c1I.CC(C)[C@H](N)C(=O)O. The molecule has 0 heterocycles. The number of carbonyl (C=O) groups is 4. The molecule has 0 bridgehead atoms. The third-order valence-electron chi connectivity index (χ3n) is 3.14. The van der Waals surface area contributed by atoms with Crippen molar-refractivity contribution in [1.29, 1.82) is 0 Å². The third kappa shape index (κ3) is 7.94. The number of aromatic carboxylic acids is 1. The molecule has 0 saturated heterocycles. The van der Waals surface area contributed by atoms with Gasteiger partial charge >= 0.3 is 11.9 Å². The van der Waals surface area contributed by atoms with Gasteiger partial charge in [-0.1, -0.05) is 13.8 Å². The first-order valence-corrected chi connectivity index (χ1v) is 10.9. The summed E-state index contributed by atoms with van der Waals surface area (Å²) >= 11 is 5.71. The van der Waals surface area contributed by atoms with Crippen LogP contribution in [0.1, 0.15) is 38.1 Å². The summed E-state index contributed by atoms with van der Waals surface area (Å²) < 4.78 is 1.44. The zero-order valence-electron chi connectivity index (χ0n) is 15.4. The summed E-state index contributed by atoms with van der Waals surface area (Å²) in [4.78, 5) is 43.9. The van der Waals surface area contributed by atoms with Gasteiger partial charge in [-0.2, -0.15) is 0 Å². The Kier molecular flexibility index (Phi) is 11.7. The van der Waals surface area contributed by atoms with Crippen molar-refractivity contribution < 1.29 is 29.4 Å². The van der Waals surface area contributed by atoms with Crippen LogP contribution >= 0.6 is 67.8 Å². The minimum Gasteiger partial charge on any atom is -0.480 e. The van der Waals surface area contributed by atoms with Gasteiger partial charge in [0.2, 0.25) is 11.8 Å². The quantitative estimate of drug-likeness (QED) is 0.291. The van der Waals surface area contributed by atoms with Gasteiger partial charge in [-0.3, -0.25) is 14.4 Å². The van der Waals surface area contributed by atoms with E-state index in [1.165, 1.54) is 13.8 Å². The van der Waals surface area contributed by atoms with Crippen LogP contribution in [0, 0.1) is 16.6 Å². The van der Waals surface area contributed by atoms with Gasteiger partial charge in [0.25, 0.3) is 0 Å². The van der Waals surface area contributed by atoms with E-state index in [0.717, 1.165) is 0 Å². The summed E-state index contributed by atoms with van der Waals surface area (Å²) in [5, 5.41) is 22.8. The molecule has 6 N–H and O–H groups in total. The first kappa shape index (κ1) is 27.2. The van der Waals surface area contributed by atoms with E-state index in [1.54, 1.807) is 13.8 Å². The van der Waals surface area contributed by atoms with E-state index in [9.17, 15) is 24.3 Å². The van der Waals surface area contributed by atoms with Gasteiger partial charge in [0.1, 0.15) is 6.04 Å². The second-order valence-electron chi connectivity index (χ2n) is 5.84. The zero-order valence-corrected chi connectivity index (χ0v) is 21.9. The fraction of sp³-hybridized carbons (Fsp3) is 0.375. The molecule has 0 aromatic heterocycles. The lowest BCUT2D eigenvalue weighted by molar-refractivity contribution is -0.139. The van der Waals surface area contributed by atoms with Crippen LogP contribution in [0.3, 0.4) is 0 Å². The molecular weight excluding hydrogens is 711 g/mol. The standard InChI is InChI=1S/C11H9I3N2O4.C5H11NO2/c1-3(17)15-9-6(12)5(11(19)20)7(13)10(8(9)14)16-4(2)18;1-3(2)4(6)5(7)8/h1-2H3,(H,15,17)(H,16,18)(H,19,20);3-4H,6H2,1-2H3,(H,7,8)/t;4-/m.0/s1. The number of benzene rings is 1. The number of halogens is 3. The van der Waals surface area contributed by atoms with Gasteiger partial charge in [0, 0.05) is 13.8 Å². The number of rotatable bonds is 5. The smallest absolute Gasteiger partial charge is 0.338 e. The maximum absolute atomic E-state index is 11.4. The molecule has 0 spiro atoms. The Morgan fingerprint density at radius 1 is 0.857 bits per heavy atom. The molecule has 28 heavy (non-hydrogen) atoms. The van der Waals surface area contributed by atoms with E-state index in [4.69, 9.17) is 10.8 Å². The highest BCUT2D eigenvalue weighted by molar-refractivity contribution is 14.1. The van der Waals surface area contributed by atoms with Crippen molar-refractivity contribution in [2.24, 2.45) is 11.7 Å². The lowest BCUT2D eigenvalue weighted by atomic mass is 10.1. The summed E-state index contributed by atoms with van der Waals surface area (Å²) in [6.07, 6.45) is 0. The molecule has 1 atom stereocenters. The minimum absolute atomic E-state index is 0.0208. The molecule has 0 unspecified atom stereocenters. The third-order valence-corrected chi connectivity index (χ3v) is 6.37. The lowest BCUT2D eigenvalue weighted by Crippen LogP contribution is -2.34. The number of carbonyl (C=O) groups excluding carboxylic acids is 2. The number of hydrogen-bond acceptors (Lipinski definition) is 5. The Morgan fingerprint density at radius 3 is 1.39 bits per heavy atom. The van der Waals surface area contributed by atoms with Crippen LogP contribution in [0.5, 0.6) is 0 Å². The molecule has 0 radical (unpaired) electrons. The van der Waals surface area contributed by atoms with Gasteiger partial charge in [-0.05, 0) is 73.7 Å². The summed E-state index contributed by atoms with van der Waals surface area (Å²) in [6.45, 7) is 6.23. The monoisotopic (exact) mass is 731 g/mol. The average Bonchev–Trinajstić information content (AvgIpc) is 2.54. The van der Waals surface area contributed by atoms with Gasteiger partial charge in [0.15, 0.2) is 0 Å². The first-order chi connectivity index (χ1) is 12.7. The van der Waals surface area contributed by atoms with Crippen LogP contribution in [0.25, 0.3) is 0 Å². The molecule has 0 fully saturated rings. The number of hydrogen-bond donors (Lipinski definition) is 5. The predicted octanol–water partition coefficient (Wildman–Crippen LogP) is 3.17. The highest BCUT2D eigenvalue weighted by Gasteiger charge is 2.25. The number of nitrogens with one attached hydrogen (secondary N) is 2. The van der Waals surface area contributed by atoms with E-state index in [1.807, 2.05) is 67.8 Å². The molecule has 0 aliphatic heterocycles. The number of carboxylic acids is 2. The van der Waals surface area contributed by atoms with Crippen LogP contribution < -0.4 is 16.4 Å². The van der Waals surface area contributed by atoms with E-state index in [2.05, 4.69) is 10.6 Å². The maximum atomic E-state index is 11.4. The largest absolute Gasteiger partial charge is 0.480 e. The van der Waals surface area contributed by atoms with Crippen LogP contribution in [-0.2, 0) is 14.4 Å². The molecular formula is C16H20I3N3O6. The van der Waals surface area contributed by atoms with E-state index >= 15 is 0 Å². The summed E-state index contributed by atoms with van der Waals surface area (Å²) in [7, 11) is 0. The molecule has 156 valence electrons. The Balaban J connectivity index is 0.000000769. The van der Waals surface area contributed by atoms with Crippen molar-refractivity contribution in [3.63, 3.8) is 0 Å². The van der Waals surface area contributed by atoms with Gasteiger partial charge in [-0.15, -0.1) is 0 Å². The molecule has 0 aliphatic carbocycles. The van der Waals surface area contributed by atoms with Crippen molar-refractivity contribution in [3.8, 4) is 0 Å². The van der Waals surface area contributed by atoms with E-state index < -0.39 is 18.0 Å². The molecule has 9 nitrogen and oxygen atoms in total. The van der Waals surface area contributed by atoms with E-state index in [0.29, 0.717) is 22.1 Å². The number of nitrogens with two attached hydrogens (primary N) is 1. The minimum atomic E-state index is -1.12. The predicted molar refractivity (Wildman–Crippen MR) is 131 cm³/mol. The average molecular weight is 731 g/mol. The molecule has 2 amide bonds. The van der Waals surface area contributed by atoms with Crippen molar-refractivity contribution in [1.82, 2.24) is 0 Å². The lowest BCUT2D eigenvalue weighted by Gasteiger charge is -2.17.